The lowest BCUT2D eigenvalue weighted by atomic mass is 10.1. The van der Waals surface area contributed by atoms with E-state index >= 15 is 0 Å². The third kappa shape index (κ3) is 4.58. The molecule has 0 N–H and O–H groups in total. The molecule has 28 heavy (non-hydrogen) atoms. The minimum absolute atomic E-state index is 0.00867. The predicted octanol–water partition coefficient (Wildman–Crippen LogP) is 1.86. The second-order valence-electron chi connectivity index (χ2n) is 8.04. The summed E-state index contributed by atoms with van der Waals surface area (Å²) in [5.74, 6) is 1.30. The zero-order valence-electron chi connectivity index (χ0n) is 17.3. The van der Waals surface area contributed by atoms with E-state index in [4.69, 9.17) is 9.47 Å². The van der Waals surface area contributed by atoms with Crippen LogP contribution in [0.1, 0.15) is 30.6 Å². The van der Waals surface area contributed by atoms with Crippen LogP contribution in [0, 0.1) is 5.92 Å². The Morgan fingerprint density at radius 2 is 1.96 bits per heavy atom. The molecule has 2 heterocycles. The summed E-state index contributed by atoms with van der Waals surface area (Å²) in [5, 5.41) is 0. The molecule has 1 aromatic rings. The van der Waals surface area contributed by atoms with Crippen molar-refractivity contribution in [1.29, 1.82) is 0 Å². The van der Waals surface area contributed by atoms with Gasteiger partial charge in [-0.05, 0) is 24.1 Å². The van der Waals surface area contributed by atoms with Crippen molar-refractivity contribution < 1.29 is 19.1 Å². The average molecular weight is 389 g/mol. The maximum Gasteiger partial charge on any atom is 0.254 e. The van der Waals surface area contributed by atoms with E-state index in [1.165, 1.54) is 0 Å². The number of nitrogens with zero attached hydrogens (tertiary/aromatic N) is 3. The van der Waals surface area contributed by atoms with Gasteiger partial charge in [0.2, 0.25) is 5.91 Å². The third-order valence-corrected chi connectivity index (χ3v) is 5.34. The van der Waals surface area contributed by atoms with Crippen molar-refractivity contribution in [2.75, 3.05) is 58.5 Å². The molecular formula is C21H31N3O4. The first-order chi connectivity index (χ1) is 13.4. The molecule has 7 nitrogen and oxygen atoms in total. The van der Waals surface area contributed by atoms with Crippen LogP contribution in [0.3, 0.4) is 0 Å². The Bertz CT molecular complexity index is 716. The van der Waals surface area contributed by atoms with E-state index in [1.54, 1.807) is 4.90 Å². The first kappa shape index (κ1) is 20.5. The highest BCUT2D eigenvalue weighted by Crippen LogP contribution is 2.35. The Morgan fingerprint density at radius 3 is 2.64 bits per heavy atom. The Balaban J connectivity index is 1.71. The number of hydrogen-bond donors (Lipinski definition) is 0. The largest absolute Gasteiger partial charge is 0.489 e. The SMILES string of the molecule is CC(C)CN(C)C(=O)C[C@@H]1COc2ccc(C(=O)N3CCOCC3)cc2N1C. The van der Waals surface area contributed by atoms with E-state index in [0.717, 1.165) is 18.0 Å². The van der Waals surface area contributed by atoms with Crippen LogP contribution >= 0.6 is 0 Å². The number of morpholine rings is 1. The van der Waals surface area contributed by atoms with E-state index in [0.29, 0.717) is 50.8 Å². The van der Waals surface area contributed by atoms with Gasteiger partial charge in [-0.1, -0.05) is 13.8 Å². The molecule has 7 heteroatoms. The Morgan fingerprint density at radius 1 is 1.25 bits per heavy atom. The molecule has 1 saturated heterocycles. The summed E-state index contributed by atoms with van der Waals surface area (Å²) in [6.07, 6.45) is 0.390. The molecule has 3 rings (SSSR count). The number of carbonyl (C=O) groups is 2. The highest BCUT2D eigenvalue weighted by Gasteiger charge is 2.29. The maximum atomic E-state index is 12.8. The number of anilines is 1. The lowest BCUT2D eigenvalue weighted by molar-refractivity contribution is -0.130. The summed E-state index contributed by atoms with van der Waals surface area (Å²) in [4.78, 5) is 31.0. The minimum Gasteiger partial charge on any atom is -0.489 e. The van der Waals surface area contributed by atoms with Gasteiger partial charge in [0.25, 0.3) is 5.91 Å². The second-order valence-corrected chi connectivity index (χ2v) is 8.04. The number of ether oxygens (including phenoxy) is 2. The third-order valence-electron chi connectivity index (χ3n) is 5.34. The van der Waals surface area contributed by atoms with Gasteiger partial charge in [-0.3, -0.25) is 9.59 Å². The van der Waals surface area contributed by atoms with Crippen molar-refractivity contribution in [1.82, 2.24) is 9.80 Å². The molecule has 1 fully saturated rings. The number of likely N-dealkylation sites (N-methyl/N-ethyl adjacent to an activating group) is 1. The van der Waals surface area contributed by atoms with Crippen LogP contribution in [-0.4, -0.2) is 81.2 Å². The van der Waals surface area contributed by atoms with Crippen LogP contribution in [0.25, 0.3) is 0 Å². The van der Waals surface area contributed by atoms with Crippen molar-refractivity contribution in [2.45, 2.75) is 26.3 Å². The van der Waals surface area contributed by atoms with Gasteiger partial charge in [0.15, 0.2) is 0 Å². The Labute approximate surface area is 167 Å². The fraction of sp³-hybridized carbons (Fsp3) is 0.619. The number of benzene rings is 1. The van der Waals surface area contributed by atoms with Crippen LogP contribution in [0.15, 0.2) is 18.2 Å². The minimum atomic E-state index is -0.0525. The van der Waals surface area contributed by atoms with Crippen molar-refractivity contribution >= 4 is 17.5 Å². The Kier molecular flexibility index (Phi) is 6.44. The van der Waals surface area contributed by atoms with Gasteiger partial charge in [0.1, 0.15) is 12.4 Å². The topological polar surface area (TPSA) is 62.3 Å². The maximum absolute atomic E-state index is 12.8. The van der Waals surface area contributed by atoms with Crippen molar-refractivity contribution in [3.63, 3.8) is 0 Å². The number of rotatable bonds is 5. The summed E-state index contributed by atoms with van der Waals surface area (Å²) < 4.78 is 11.2. The van der Waals surface area contributed by atoms with E-state index in [-0.39, 0.29) is 17.9 Å². The zero-order valence-corrected chi connectivity index (χ0v) is 17.3. The molecule has 1 atom stereocenters. The molecule has 2 aliphatic rings. The molecule has 0 bridgehead atoms. The molecule has 0 aliphatic carbocycles. The van der Waals surface area contributed by atoms with Crippen LogP contribution < -0.4 is 9.64 Å². The van der Waals surface area contributed by atoms with Crippen molar-refractivity contribution in [3.05, 3.63) is 23.8 Å². The predicted molar refractivity (Wildman–Crippen MR) is 108 cm³/mol. The monoisotopic (exact) mass is 389 g/mol. The van der Waals surface area contributed by atoms with Gasteiger partial charge in [-0.15, -0.1) is 0 Å². The fourth-order valence-corrected chi connectivity index (χ4v) is 3.69. The summed E-state index contributed by atoms with van der Waals surface area (Å²) in [6, 6.07) is 5.49. The van der Waals surface area contributed by atoms with Crippen LogP contribution in [0.5, 0.6) is 5.75 Å². The summed E-state index contributed by atoms with van der Waals surface area (Å²) in [7, 11) is 3.81. The van der Waals surface area contributed by atoms with Gasteiger partial charge in [-0.2, -0.15) is 0 Å². The molecule has 0 spiro atoms. The van der Waals surface area contributed by atoms with Crippen LogP contribution in [0.2, 0.25) is 0 Å². The molecular weight excluding hydrogens is 358 g/mol. The van der Waals surface area contributed by atoms with Crippen molar-refractivity contribution in [3.8, 4) is 5.75 Å². The van der Waals surface area contributed by atoms with E-state index in [1.807, 2.05) is 37.2 Å². The molecule has 1 aromatic carbocycles. The van der Waals surface area contributed by atoms with Crippen LogP contribution in [-0.2, 0) is 9.53 Å². The fourth-order valence-electron chi connectivity index (χ4n) is 3.69. The highest BCUT2D eigenvalue weighted by atomic mass is 16.5. The van der Waals surface area contributed by atoms with Crippen LogP contribution in [0.4, 0.5) is 5.69 Å². The summed E-state index contributed by atoms with van der Waals surface area (Å²) in [6.45, 7) is 7.78. The van der Waals surface area contributed by atoms with Gasteiger partial charge in [0.05, 0.1) is 31.4 Å². The van der Waals surface area contributed by atoms with Crippen molar-refractivity contribution in [2.24, 2.45) is 5.92 Å². The summed E-state index contributed by atoms with van der Waals surface area (Å²) >= 11 is 0. The quantitative estimate of drug-likeness (QED) is 0.769. The van der Waals surface area contributed by atoms with E-state index < -0.39 is 0 Å². The molecule has 154 valence electrons. The average Bonchev–Trinajstić information content (AvgIpc) is 2.69. The van der Waals surface area contributed by atoms with Gasteiger partial charge >= 0.3 is 0 Å². The number of hydrogen-bond acceptors (Lipinski definition) is 5. The van der Waals surface area contributed by atoms with Gasteiger partial charge in [-0.25, -0.2) is 0 Å². The highest BCUT2D eigenvalue weighted by molar-refractivity contribution is 5.96. The molecule has 0 radical (unpaired) electrons. The van der Waals surface area contributed by atoms with Gasteiger partial charge < -0.3 is 24.2 Å². The Hall–Kier alpha value is -2.28. The zero-order chi connectivity index (χ0) is 20.3. The standard InChI is InChI=1S/C21H31N3O4/c1-15(2)13-22(3)20(25)12-17-14-28-19-6-5-16(11-18(19)23(17)4)21(26)24-7-9-27-10-8-24/h5-6,11,15,17H,7-10,12-14H2,1-4H3/t17-/m1/s1. The number of amides is 2. The summed E-state index contributed by atoms with van der Waals surface area (Å²) in [5.41, 5.74) is 1.50. The number of carbonyl (C=O) groups excluding carboxylic acids is 2. The number of fused-ring (bicyclic) bond motifs is 1. The molecule has 2 aliphatic heterocycles. The van der Waals surface area contributed by atoms with Gasteiger partial charge in [0, 0.05) is 39.3 Å². The molecule has 0 unspecified atom stereocenters. The van der Waals surface area contributed by atoms with E-state index in [9.17, 15) is 9.59 Å². The lowest BCUT2D eigenvalue weighted by Crippen LogP contribution is -2.45. The lowest BCUT2D eigenvalue weighted by Gasteiger charge is -2.36. The first-order valence-electron chi connectivity index (χ1n) is 9.97. The normalized spacial score (nSPS) is 19.2. The molecule has 0 aromatic heterocycles. The molecule has 0 saturated carbocycles. The second kappa shape index (κ2) is 8.82. The van der Waals surface area contributed by atoms with E-state index in [2.05, 4.69) is 18.7 Å². The molecule has 2 amide bonds. The smallest absolute Gasteiger partial charge is 0.254 e. The first-order valence-corrected chi connectivity index (χ1v) is 9.97.